The first-order chi connectivity index (χ1) is 9.19. The smallest absolute Gasteiger partial charge is 0.131 e. The number of aryl methyl sites for hydroxylation is 2. The number of nitrogens with zero attached hydrogens (tertiary/aromatic N) is 3. The molecular formula is C15H28N4. The van der Waals surface area contributed by atoms with Crippen molar-refractivity contribution in [1.82, 2.24) is 15.1 Å². The Balaban J connectivity index is 2.30. The van der Waals surface area contributed by atoms with Crippen molar-refractivity contribution in [2.24, 2.45) is 7.05 Å². The Morgan fingerprint density at radius 3 is 2.58 bits per heavy atom. The van der Waals surface area contributed by atoms with Crippen molar-refractivity contribution < 1.29 is 0 Å². The summed E-state index contributed by atoms with van der Waals surface area (Å²) in [5.41, 5.74) is 2.51. The van der Waals surface area contributed by atoms with Crippen molar-refractivity contribution in [3.8, 4) is 0 Å². The Bertz CT molecular complexity index is 405. The highest BCUT2D eigenvalue weighted by molar-refractivity contribution is 5.51. The van der Waals surface area contributed by atoms with Gasteiger partial charge in [0.15, 0.2) is 0 Å². The van der Waals surface area contributed by atoms with E-state index < -0.39 is 0 Å². The fraction of sp³-hybridized carbons (Fsp3) is 0.800. The van der Waals surface area contributed by atoms with Gasteiger partial charge < -0.3 is 10.2 Å². The van der Waals surface area contributed by atoms with Gasteiger partial charge in [0.05, 0.1) is 5.69 Å². The van der Waals surface area contributed by atoms with E-state index in [0.29, 0.717) is 6.04 Å². The summed E-state index contributed by atoms with van der Waals surface area (Å²) in [7, 11) is 4.08. The quantitative estimate of drug-likeness (QED) is 0.887. The van der Waals surface area contributed by atoms with Crippen molar-refractivity contribution in [1.29, 1.82) is 0 Å². The first kappa shape index (κ1) is 14.4. The summed E-state index contributed by atoms with van der Waals surface area (Å²) < 4.78 is 2.07. The Morgan fingerprint density at radius 2 is 2.00 bits per heavy atom. The molecule has 0 unspecified atom stereocenters. The maximum Gasteiger partial charge on any atom is 0.131 e. The molecule has 0 aliphatic heterocycles. The molecule has 1 fully saturated rings. The molecule has 0 saturated heterocycles. The first-order valence-electron chi connectivity index (χ1n) is 7.62. The molecule has 1 aromatic rings. The topological polar surface area (TPSA) is 33.1 Å². The van der Waals surface area contributed by atoms with Gasteiger partial charge in [0.2, 0.25) is 0 Å². The molecule has 1 aromatic heterocycles. The third-order valence-corrected chi connectivity index (χ3v) is 4.29. The second kappa shape index (κ2) is 6.42. The zero-order valence-corrected chi connectivity index (χ0v) is 12.9. The zero-order chi connectivity index (χ0) is 13.8. The molecule has 0 spiro atoms. The third-order valence-electron chi connectivity index (χ3n) is 4.29. The Morgan fingerprint density at radius 1 is 1.32 bits per heavy atom. The van der Waals surface area contributed by atoms with Gasteiger partial charge in [-0.25, -0.2) is 0 Å². The molecule has 0 aromatic carbocycles. The molecule has 0 atom stereocenters. The minimum absolute atomic E-state index is 0.698. The van der Waals surface area contributed by atoms with Crippen LogP contribution in [0.1, 0.15) is 50.3 Å². The van der Waals surface area contributed by atoms with Crippen LogP contribution in [0.5, 0.6) is 0 Å². The van der Waals surface area contributed by atoms with E-state index >= 15 is 0 Å². The summed E-state index contributed by atoms with van der Waals surface area (Å²) in [6.45, 7) is 6.35. The van der Waals surface area contributed by atoms with Crippen LogP contribution in [0.25, 0.3) is 0 Å². The van der Waals surface area contributed by atoms with Gasteiger partial charge in [-0.1, -0.05) is 19.3 Å². The van der Waals surface area contributed by atoms with E-state index in [-0.39, 0.29) is 0 Å². The maximum absolute atomic E-state index is 4.63. The SMILES string of the molecule is CCN(c1c(CNC)c(C)nn1C)C1CCCCC1. The lowest BCUT2D eigenvalue weighted by atomic mass is 9.94. The average Bonchev–Trinajstić information content (AvgIpc) is 2.69. The summed E-state index contributed by atoms with van der Waals surface area (Å²) in [4.78, 5) is 2.58. The molecule has 1 aliphatic rings. The highest BCUT2D eigenvalue weighted by atomic mass is 15.4. The number of hydrogen-bond donors (Lipinski definition) is 1. The van der Waals surface area contributed by atoms with Crippen LogP contribution in [-0.2, 0) is 13.6 Å². The van der Waals surface area contributed by atoms with Crippen molar-refractivity contribution >= 4 is 5.82 Å². The van der Waals surface area contributed by atoms with Crippen LogP contribution >= 0.6 is 0 Å². The summed E-state index contributed by atoms with van der Waals surface area (Å²) >= 11 is 0. The molecule has 1 saturated carbocycles. The van der Waals surface area contributed by atoms with Crippen LogP contribution < -0.4 is 10.2 Å². The van der Waals surface area contributed by atoms with Gasteiger partial charge >= 0.3 is 0 Å². The second-order valence-corrected chi connectivity index (χ2v) is 5.62. The number of aromatic nitrogens is 2. The molecule has 19 heavy (non-hydrogen) atoms. The number of rotatable bonds is 5. The maximum atomic E-state index is 4.63. The average molecular weight is 264 g/mol. The van der Waals surface area contributed by atoms with Gasteiger partial charge in [-0.2, -0.15) is 5.10 Å². The monoisotopic (exact) mass is 264 g/mol. The van der Waals surface area contributed by atoms with E-state index in [1.807, 2.05) is 7.05 Å². The molecule has 4 heteroatoms. The minimum atomic E-state index is 0.698. The fourth-order valence-corrected chi connectivity index (χ4v) is 3.41. The predicted octanol–water partition coefficient (Wildman–Crippen LogP) is 2.61. The molecule has 1 heterocycles. The van der Waals surface area contributed by atoms with E-state index in [1.165, 1.54) is 43.5 Å². The molecule has 0 radical (unpaired) electrons. The number of nitrogens with one attached hydrogen (secondary N) is 1. The Labute approximate surface area is 117 Å². The molecule has 2 rings (SSSR count). The van der Waals surface area contributed by atoms with E-state index in [9.17, 15) is 0 Å². The van der Waals surface area contributed by atoms with Gasteiger partial charge in [0.1, 0.15) is 5.82 Å². The zero-order valence-electron chi connectivity index (χ0n) is 12.9. The van der Waals surface area contributed by atoms with Gasteiger partial charge in [-0.05, 0) is 33.7 Å². The summed E-state index contributed by atoms with van der Waals surface area (Å²) in [5.74, 6) is 1.32. The van der Waals surface area contributed by atoms with Crippen molar-refractivity contribution in [3.63, 3.8) is 0 Å². The van der Waals surface area contributed by atoms with Gasteiger partial charge in [0.25, 0.3) is 0 Å². The number of anilines is 1. The molecule has 0 amide bonds. The van der Waals surface area contributed by atoms with Crippen LogP contribution in [-0.4, -0.2) is 29.4 Å². The van der Waals surface area contributed by atoms with Crippen LogP contribution in [0.3, 0.4) is 0 Å². The third kappa shape index (κ3) is 2.94. The molecule has 108 valence electrons. The molecule has 4 nitrogen and oxygen atoms in total. The molecule has 1 aliphatic carbocycles. The molecular weight excluding hydrogens is 236 g/mol. The Hall–Kier alpha value is -1.03. The number of hydrogen-bond acceptors (Lipinski definition) is 3. The fourth-order valence-electron chi connectivity index (χ4n) is 3.41. The molecule has 1 N–H and O–H groups in total. The van der Waals surface area contributed by atoms with Crippen LogP contribution in [0.4, 0.5) is 5.82 Å². The van der Waals surface area contributed by atoms with Gasteiger partial charge in [-0.15, -0.1) is 0 Å². The van der Waals surface area contributed by atoms with E-state index in [4.69, 9.17) is 0 Å². The van der Waals surface area contributed by atoms with Crippen molar-refractivity contribution in [2.75, 3.05) is 18.5 Å². The van der Waals surface area contributed by atoms with Gasteiger partial charge in [0, 0.05) is 31.7 Å². The van der Waals surface area contributed by atoms with E-state index in [2.05, 4.69) is 40.9 Å². The van der Waals surface area contributed by atoms with Crippen molar-refractivity contribution in [2.45, 2.75) is 58.5 Å². The standard InChI is InChI=1S/C15H28N4/c1-5-19(13-9-7-6-8-10-13)15-14(11-16-3)12(2)17-18(15)4/h13,16H,5-11H2,1-4H3. The van der Waals surface area contributed by atoms with E-state index in [0.717, 1.165) is 18.8 Å². The van der Waals surface area contributed by atoms with Crippen molar-refractivity contribution in [3.05, 3.63) is 11.3 Å². The summed E-state index contributed by atoms with van der Waals surface area (Å²) in [6.07, 6.45) is 6.81. The Kier molecular flexibility index (Phi) is 4.86. The van der Waals surface area contributed by atoms with E-state index in [1.54, 1.807) is 0 Å². The second-order valence-electron chi connectivity index (χ2n) is 5.62. The van der Waals surface area contributed by atoms with Crippen LogP contribution in [0, 0.1) is 6.92 Å². The highest BCUT2D eigenvalue weighted by Gasteiger charge is 2.25. The summed E-state index contributed by atoms with van der Waals surface area (Å²) in [6, 6.07) is 0.698. The first-order valence-corrected chi connectivity index (χ1v) is 7.62. The summed E-state index contributed by atoms with van der Waals surface area (Å²) in [5, 5.41) is 7.91. The normalized spacial score (nSPS) is 16.8. The van der Waals surface area contributed by atoms with Crippen LogP contribution in [0.2, 0.25) is 0 Å². The lowest BCUT2D eigenvalue weighted by molar-refractivity contribution is 0.412. The predicted molar refractivity (Wildman–Crippen MR) is 80.6 cm³/mol. The van der Waals surface area contributed by atoms with Crippen LogP contribution in [0.15, 0.2) is 0 Å². The molecule has 0 bridgehead atoms. The van der Waals surface area contributed by atoms with Gasteiger partial charge in [-0.3, -0.25) is 4.68 Å². The lowest BCUT2D eigenvalue weighted by Gasteiger charge is -2.35. The highest BCUT2D eigenvalue weighted by Crippen LogP contribution is 2.30. The minimum Gasteiger partial charge on any atom is -0.354 e. The largest absolute Gasteiger partial charge is 0.354 e. The lowest BCUT2D eigenvalue weighted by Crippen LogP contribution is -2.38.